The van der Waals surface area contributed by atoms with Crippen LogP contribution >= 0.6 is 0 Å². The summed E-state index contributed by atoms with van der Waals surface area (Å²) >= 11 is 0. The Morgan fingerprint density at radius 2 is 0.762 bits per heavy atom. The van der Waals surface area contributed by atoms with Crippen LogP contribution in [0, 0.1) is 0 Å². The van der Waals surface area contributed by atoms with Crippen molar-refractivity contribution in [3.8, 4) is 23.0 Å². The maximum atomic E-state index is 14.2. The fourth-order valence-corrected chi connectivity index (χ4v) is 7.83. The molecule has 0 unspecified atom stereocenters. The lowest BCUT2D eigenvalue weighted by atomic mass is 10.1. The number of ether oxygens (including phenoxy) is 4. The zero-order valence-electron chi connectivity index (χ0n) is 23.3. The van der Waals surface area contributed by atoms with Crippen molar-refractivity contribution in [3.05, 3.63) is 106 Å². The van der Waals surface area contributed by atoms with Crippen molar-refractivity contribution in [1.82, 2.24) is 0 Å². The first-order chi connectivity index (χ1) is 20.1. The molecule has 1 aliphatic rings. The smallest absolute Gasteiger partial charge is 0.207 e. The van der Waals surface area contributed by atoms with Gasteiger partial charge in [0.25, 0.3) is 0 Å². The molecule has 0 aromatic heterocycles. The van der Waals surface area contributed by atoms with Gasteiger partial charge in [-0.05, 0) is 71.1 Å². The normalized spacial score (nSPS) is 17.1. The molecular formula is C32H28O8S2. The van der Waals surface area contributed by atoms with E-state index in [1.165, 1.54) is 77.0 Å². The quantitative estimate of drug-likeness (QED) is 0.302. The van der Waals surface area contributed by atoms with Crippen molar-refractivity contribution in [2.24, 2.45) is 0 Å². The van der Waals surface area contributed by atoms with Gasteiger partial charge in [-0.2, -0.15) is 0 Å². The maximum absolute atomic E-state index is 14.2. The minimum absolute atomic E-state index is 0.0643. The van der Waals surface area contributed by atoms with Gasteiger partial charge in [-0.1, -0.05) is 36.4 Å². The molecule has 0 N–H and O–H groups in total. The van der Waals surface area contributed by atoms with Gasteiger partial charge in [-0.15, -0.1) is 0 Å². The highest BCUT2D eigenvalue weighted by Crippen LogP contribution is 2.28. The molecule has 0 spiro atoms. The van der Waals surface area contributed by atoms with Crippen molar-refractivity contribution < 1.29 is 35.8 Å². The van der Waals surface area contributed by atoms with Crippen LogP contribution in [-0.4, -0.2) is 45.3 Å². The summed E-state index contributed by atoms with van der Waals surface area (Å²) in [6.07, 6.45) is 2.91. The van der Waals surface area contributed by atoms with Crippen LogP contribution in [0.25, 0.3) is 22.0 Å². The molecule has 5 rings (SSSR count). The third kappa shape index (κ3) is 5.03. The predicted octanol–water partition coefficient (Wildman–Crippen LogP) is 2.16. The molecular weight excluding hydrogens is 576 g/mol. The van der Waals surface area contributed by atoms with E-state index in [4.69, 9.17) is 18.9 Å². The molecule has 42 heavy (non-hydrogen) atoms. The molecule has 0 atom stereocenters. The van der Waals surface area contributed by atoms with Gasteiger partial charge in [0.15, 0.2) is 23.0 Å². The lowest BCUT2D eigenvalue weighted by molar-refractivity contribution is 0.354. The van der Waals surface area contributed by atoms with Gasteiger partial charge in [0.1, 0.15) is 0 Å². The van der Waals surface area contributed by atoms with Gasteiger partial charge < -0.3 is 18.9 Å². The maximum Gasteiger partial charge on any atom is 0.207 e. The molecule has 10 heteroatoms. The number of fused-ring (bicyclic) bond motifs is 2. The largest absolute Gasteiger partial charge is 0.493 e. The van der Waals surface area contributed by atoms with Crippen molar-refractivity contribution in [1.29, 1.82) is 0 Å². The number of benzene rings is 4. The van der Waals surface area contributed by atoms with Gasteiger partial charge in [-0.25, -0.2) is 16.8 Å². The average Bonchev–Trinajstić information content (AvgIpc) is 3.01. The molecule has 0 amide bonds. The van der Waals surface area contributed by atoms with Gasteiger partial charge in [0.05, 0.1) is 48.0 Å². The predicted molar refractivity (Wildman–Crippen MR) is 161 cm³/mol. The third-order valence-electron chi connectivity index (χ3n) is 6.90. The highest BCUT2D eigenvalue weighted by atomic mass is 32.2. The number of sulfone groups is 2. The summed E-state index contributed by atoms with van der Waals surface area (Å²) in [7, 11) is -2.48. The molecule has 0 fully saturated rings. The van der Waals surface area contributed by atoms with Crippen molar-refractivity contribution in [2.75, 3.05) is 28.4 Å². The van der Waals surface area contributed by atoms with Crippen LogP contribution in [0.5, 0.6) is 23.0 Å². The number of hydrogen-bond acceptors (Lipinski definition) is 8. The second kappa shape index (κ2) is 11.4. The molecule has 4 aromatic rings. The summed E-state index contributed by atoms with van der Waals surface area (Å²) in [4.78, 5) is 0.0115. The number of hydrogen-bond donors (Lipinski definition) is 0. The molecule has 8 nitrogen and oxygen atoms in total. The summed E-state index contributed by atoms with van der Waals surface area (Å²) in [5.41, 5.74) is 0. The van der Waals surface area contributed by atoms with Crippen LogP contribution in [0.3, 0.4) is 0 Å². The van der Waals surface area contributed by atoms with E-state index < -0.39 is 19.7 Å². The molecule has 1 aliphatic carbocycles. The van der Waals surface area contributed by atoms with Crippen molar-refractivity contribution >= 4 is 41.6 Å². The van der Waals surface area contributed by atoms with E-state index in [1.807, 2.05) is 0 Å². The standard InChI is InChI=1S/C32H28O8S2/c1-37-27-15-21-17-31(41(33,34)23-11-7-5-8-12-23)26-20-30(40-4)28(38-2)16-22(26)18-32(25(21)19-29(27)39-3)42(35,36)24-13-9-6-10-14-24/h5-20H,1-4H3/b21-17-,22-18-,31-17?,31-26+,32-18?,32-25+. The molecule has 0 saturated carbocycles. The second-order valence-electron chi connectivity index (χ2n) is 9.24. The van der Waals surface area contributed by atoms with Crippen LogP contribution in [0.1, 0.15) is 0 Å². The Balaban J connectivity index is 2.08. The number of rotatable bonds is 8. The molecule has 0 heterocycles. The molecule has 4 aromatic carbocycles. The fourth-order valence-electron chi connectivity index (χ4n) is 4.79. The van der Waals surface area contributed by atoms with Crippen LogP contribution in [-0.2, 0) is 19.7 Å². The van der Waals surface area contributed by atoms with E-state index in [1.54, 1.807) is 48.5 Å². The molecule has 0 radical (unpaired) electrons. The van der Waals surface area contributed by atoms with E-state index in [0.717, 1.165) is 0 Å². The Morgan fingerprint density at radius 3 is 1.07 bits per heavy atom. The van der Waals surface area contributed by atoms with E-state index in [9.17, 15) is 16.8 Å². The molecule has 0 saturated heterocycles. The van der Waals surface area contributed by atoms with Crippen LogP contribution < -0.4 is 39.8 Å². The minimum atomic E-state index is -4.13. The van der Waals surface area contributed by atoms with E-state index in [2.05, 4.69) is 0 Å². The summed E-state index contributed by atoms with van der Waals surface area (Å²) in [6.45, 7) is 0. The van der Waals surface area contributed by atoms with Crippen LogP contribution in [0.15, 0.2) is 94.7 Å². The summed E-state index contributed by atoms with van der Waals surface area (Å²) < 4.78 is 78.9. The first-order valence-corrected chi connectivity index (χ1v) is 15.7. The Morgan fingerprint density at radius 1 is 0.452 bits per heavy atom. The van der Waals surface area contributed by atoms with Gasteiger partial charge in [0.2, 0.25) is 19.7 Å². The summed E-state index contributed by atoms with van der Waals surface area (Å²) in [5.74, 6) is 1.15. The molecule has 0 aliphatic heterocycles. The van der Waals surface area contributed by atoms with Crippen molar-refractivity contribution in [3.63, 3.8) is 0 Å². The molecule has 0 bridgehead atoms. The third-order valence-corrected chi connectivity index (χ3v) is 10.5. The van der Waals surface area contributed by atoms with E-state index in [0.29, 0.717) is 21.9 Å². The van der Waals surface area contributed by atoms with E-state index in [-0.39, 0.29) is 41.5 Å². The second-order valence-corrected chi connectivity index (χ2v) is 13.1. The first-order valence-electron chi connectivity index (χ1n) is 12.7. The van der Waals surface area contributed by atoms with Crippen molar-refractivity contribution in [2.45, 2.75) is 9.79 Å². The van der Waals surface area contributed by atoms with Gasteiger partial charge in [-0.3, -0.25) is 0 Å². The summed E-state index contributed by atoms with van der Waals surface area (Å²) in [5, 5.41) is 1.07. The number of methoxy groups -OCH3 is 4. The SMILES string of the molecule is COc1cc2/c(cc1OC)=C(S(=O)(=O)c1ccccc1)\C=c1\cc(OC)c(OC)c\c1=C(S(=O)(=O)c1ccccc1)\C=2. The monoisotopic (exact) mass is 604 g/mol. The zero-order chi connectivity index (χ0) is 30.1. The Hall–Kier alpha value is -4.54. The Kier molecular flexibility index (Phi) is 7.85. The van der Waals surface area contributed by atoms with Gasteiger partial charge in [0, 0.05) is 10.4 Å². The lowest BCUT2D eigenvalue weighted by Gasteiger charge is -2.15. The van der Waals surface area contributed by atoms with Crippen LogP contribution in [0.2, 0.25) is 0 Å². The molecule has 216 valence electrons. The van der Waals surface area contributed by atoms with E-state index >= 15 is 0 Å². The topological polar surface area (TPSA) is 105 Å². The first kappa shape index (κ1) is 29.0. The lowest BCUT2D eigenvalue weighted by Crippen LogP contribution is -2.37. The average molecular weight is 605 g/mol. The Labute approximate surface area is 243 Å². The highest BCUT2D eigenvalue weighted by Gasteiger charge is 2.26. The highest BCUT2D eigenvalue weighted by molar-refractivity contribution is 8.01. The summed E-state index contributed by atoms with van der Waals surface area (Å²) in [6, 6.07) is 22.2. The van der Waals surface area contributed by atoms with Gasteiger partial charge >= 0.3 is 0 Å². The Bertz CT molecular complexity index is 1980. The zero-order valence-corrected chi connectivity index (χ0v) is 25.0. The fraction of sp³-hybridized carbons (Fsp3) is 0.125. The van der Waals surface area contributed by atoms with Crippen LogP contribution in [0.4, 0.5) is 0 Å². The minimum Gasteiger partial charge on any atom is -0.493 e.